The molecule has 7 heteroatoms. The summed E-state index contributed by atoms with van der Waals surface area (Å²) in [6.07, 6.45) is 0. The van der Waals surface area contributed by atoms with E-state index < -0.39 is 0 Å². The first-order valence-electron chi connectivity index (χ1n) is 5.45. The lowest BCUT2D eigenvalue weighted by Crippen LogP contribution is -2.38. The van der Waals surface area contributed by atoms with Gasteiger partial charge in [-0.15, -0.1) is 0 Å². The number of benzene rings is 1. The molecule has 0 heterocycles. The zero-order chi connectivity index (χ0) is 14.4. The van der Waals surface area contributed by atoms with Crippen LogP contribution in [0.3, 0.4) is 0 Å². The molecule has 1 aromatic rings. The van der Waals surface area contributed by atoms with E-state index >= 15 is 0 Å². The summed E-state index contributed by atoms with van der Waals surface area (Å²) in [5, 5.41) is 2.87. The lowest BCUT2D eigenvalue weighted by atomic mass is 10.3. The Kier molecular flexibility index (Phi) is 6.11. The molecule has 5 nitrogen and oxygen atoms in total. The van der Waals surface area contributed by atoms with Crippen LogP contribution in [0.2, 0.25) is 5.02 Å². The number of ether oxygens (including phenoxy) is 1. The van der Waals surface area contributed by atoms with Gasteiger partial charge < -0.3 is 15.0 Å². The fourth-order valence-corrected chi connectivity index (χ4v) is 1.85. The average molecular weight is 350 g/mol. The molecule has 1 aromatic carbocycles. The van der Waals surface area contributed by atoms with E-state index in [1.54, 1.807) is 32.3 Å². The number of nitrogens with one attached hydrogen (secondary N) is 1. The van der Waals surface area contributed by atoms with Gasteiger partial charge in [0.2, 0.25) is 5.91 Å². The second-order valence-electron chi connectivity index (χ2n) is 3.93. The summed E-state index contributed by atoms with van der Waals surface area (Å²) in [5.41, 5.74) is 0. The van der Waals surface area contributed by atoms with E-state index in [1.807, 2.05) is 0 Å². The SMILES string of the molecule is CN(C)C(=O)CNC(=O)COc1ccc(Br)cc1Cl. The maximum atomic E-state index is 11.5. The molecule has 0 atom stereocenters. The van der Waals surface area contributed by atoms with Gasteiger partial charge in [0.25, 0.3) is 5.91 Å². The molecular formula is C12H14BrClN2O3. The molecular weight excluding hydrogens is 336 g/mol. The number of carbonyl (C=O) groups is 2. The van der Waals surface area contributed by atoms with Crippen LogP contribution in [-0.2, 0) is 9.59 Å². The quantitative estimate of drug-likeness (QED) is 0.880. The molecule has 104 valence electrons. The van der Waals surface area contributed by atoms with Crippen molar-refractivity contribution >= 4 is 39.3 Å². The minimum absolute atomic E-state index is 0.0523. The van der Waals surface area contributed by atoms with Crippen molar-refractivity contribution in [1.82, 2.24) is 10.2 Å². The third-order valence-corrected chi connectivity index (χ3v) is 2.98. The largest absolute Gasteiger partial charge is 0.482 e. The van der Waals surface area contributed by atoms with Gasteiger partial charge in [0.1, 0.15) is 5.75 Å². The van der Waals surface area contributed by atoms with Crippen LogP contribution < -0.4 is 10.1 Å². The summed E-state index contributed by atoms with van der Waals surface area (Å²) in [7, 11) is 3.24. The van der Waals surface area contributed by atoms with Crippen LogP contribution in [0.4, 0.5) is 0 Å². The first-order valence-corrected chi connectivity index (χ1v) is 6.62. The van der Waals surface area contributed by atoms with Crippen LogP contribution >= 0.6 is 27.5 Å². The van der Waals surface area contributed by atoms with Crippen molar-refractivity contribution in [2.45, 2.75) is 0 Å². The molecule has 0 fully saturated rings. The van der Waals surface area contributed by atoms with E-state index in [4.69, 9.17) is 16.3 Å². The van der Waals surface area contributed by atoms with Gasteiger partial charge in [-0.3, -0.25) is 9.59 Å². The highest BCUT2D eigenvalue weighted by Crippen LogP contribution is 2.27. The summed E-state index contributed by atoms with van der Waals surface area (Å²) in [6.45, 7) is -0.245. The topological polar surface area (TPSA) is 58.6 Å². The molecule has 0 unspecified atom stereocenters. The van der Waals surface area contributed by atoms with Gasteiger partial charge in [-0.2, -0.15) is 0 Å². The molecule has 0 saturated carbocycles. The van der Waals surface area contributed by atoms with Crippen LogP contribution in [0.25, 0.3) is 0 Å². The van der Waals surface area contributed by atoms with E-state index in [0.717, 1.165) is 4.47 Å². The van der Waals surface area contributed by atoms with Crippen molar-refractivity contribution in [3.8, 4) is 5.75 Å². The van der Waals surface area contributed by atoms with Gasteiger partial charge >= 0.3 is 0 Å². The van der Waals surface area contributed by atoms with Crippen molar-refractivity contribution in [1.29, 1.82) is 0 Å². The van der Waals surface area contributed by atoms with E-state index in [1.165, 1.54) is 4.90 Å². The second kappa shape index (κ2) is 7.35. The fourth-order valence-electron chi connectivity index (χ4n) is 1.12. The van der Waals surface area contributed by atoms with Gasteiger partial charge in [0.05, 0.1) is 11.6 Å². The Labute approximate surface area is 125 Å². The lowest BCUT2D eigenvalue weighted by molar-refractivity contribution is -0.131. The van der Waals surface area contributed by atoms with E-state index in [0.29, 0.717) is 10.8 Å². The Bertz CT molecular complexity index is 480. The summed E-state index contributed by atoms with van der Waals surface area (Å²) < 4.78 is 6.08. The van der Waals surface area contributed by atoms with Crippen LogP contribution in [0.1, 0.15) is 0 Å². The number of carbonyl (C=O) groups excluding carboxylic acids is 2. The summed E-state index contributed by atoms with van der Waals surface area (Å²) >= 11 is 9.20. The second-order valence-corrected chi connectivity index (χ2v) is 5.25. The van der Waals surface area contributed by atoms with E-state index in [2.05, 4.69) is 21.2 Å². The molecule has 2 amide bonds. The highest BCUT2D eigenvalue weighted by atomic mass is 79.9. The van der Waals surface area contributed by atoms with E-state index in [9.17, 15) is 9.59 Å². The number of amides is 2. The maximum Gasteiger partial charge on any atom is 0.258 e. The molecule has 1 N–H and O–H groups in total. The molecule has 0 aromatic heterocycles. The number of hydrogen-bond acceptors (Lipinski definition) is 3. The van der Waals surface area contributed by atoms with Crippen LogP contribution in [0.15, 0.2) is 22.7 Å². The van der Waals surface area contributed by atoms with Crippen molar-refractivity contribution in [3.63, 3.8) is 0 Å². The predicted molar refractivity (Wildman–Crippen MR) is 76.4 cm³/mol. The molecule has 0 aliphatic carbocycles. The van der Waals surface area contributed by atoms with Gasteiger partial charge in [0, 0.05) is 18.6 Å². The number of nitrogens with zero attached hydrogens (tertiary/aromatic N) is 1. The molecule has 0 aliphatic rings. The van der Waals surface area contributed by atoms with Crippen LogP contribution in [-0.4, -0.2) is 44.0 Å². The molecule has 1 rings (SSSR count). The van der Waals surface area contributed by atoms with Crippen LogP contribution in [0, 0.1) is 0 Å². The average Bonchev–Trinajstić information content (AvgIpc) is 2.34. The Balaban J connectivity index is 2.40. The molecule has 19 heavy (non-hydrogen) atoms. The maximum absolute atomic E-state index is 11.5. The standard InChI is InChI=1S/C12H14BrClN2O3/c1-16(2)12(18)6-15-11(17)7-19-10-4-3-8(13)5-9(10)14/h3-5H,6-7H2,1-2H3,(H,15,17). The first kappa shape index (κ1) is 15.8. The highest BCUT2D eigenvalue weighted by molar-refractivity contribution is 9.10. The van der Waals surface area contributed by atoms with Gasteiger partial charge in [-0.25, -0.2) is 0 Å². The Morgan fingerprint density at radius 3 is 2.68 bits per heavy atom. The summed E-state index contributed by atoms with van der Waals surface area (Å²) in [5.74, 6) is -0.150. The third-order valence-electron chi connectivity index (χ3n) is 2.19. The molecule has 0 saturated heterocycles. The fraction of sp³-hybridized carbons (Fsp3) is 0.333. The number of hydrogen-bond donors (Lipinski definition) is 1. The summed E-state index contributed by atoms with van der Waals surface area (Å²) in [4.78, 5) is 24.1. The van der Waals surface area contributed by atoms with Crippen molar-refractivity contribution in [2.24, 2.45) is 0 Å². The van der Waals surface area contributed by atoms with Gasteiger partial charge in [-0.1, -0.05) is 27.5 Å². The first-order chi connectivity index (χ1) is 8.90. The Morgan fingerprint density at radius 1 is 1.42 bits per heavy atom. The molecule has 0 aliphatic heterocycles. The monoisotopic (exact) mass is 348 g/mol. The zero-order valence-corrected chi connectivity index (χ0v) is 12.9. The smallest absolute Gasteiger partial charge is 0.258 e. The van der Waals surface area contributed by atoms with Gasteiger partial charge in [0.15, 0.2) is 6.61 Å². The predicted octanol–water partition coefficient (Wildman–Crippen LogP) is 1.69. The van der Waals surface area contributed by atoms with Gasteiger partial charge in [-0.05, 0) is 18.2 Å². The summed E-state index contributed by atoms with van der Waals surface area (Å²) in [6, 6.07) is 5.09. The van der Waals surface area contributed by atoms with Crippen molar-refractivity contribution in [3.05, 3.63) is 27.7 Å². The zero-order valence-electron chi connectivity index (χ0n) is 10.6. The number of likely N-dealkylation sites (N-methyl/N-ethyl adjacent to an activating group) is 1. The minimum Gasteiger partial charge on any atom is -0.482 e. The minimum atomic E-state index is -0.380. The Hall–Kier alpha value is -1.27. The van der Waals surface area contributed by atoms with Crippen molar-refractivity contribution < 1.29 is 14.3 Å². The van der Waals surface area contributed by atoms with Crippen molar-refractivity contribution in [2.75, 3.05) is 27.2 Å². The van der Waals surface area contributed by atoms with Crippen LogP contribution in [0.5, 0.6) is 5.75 Å². The molecule has 0 spiro atoms. The highest BCUT2D eigenvalue weighted by Gasteiger charge is 2.09. The third kappa shape index (κ3) is 5.48. The van der Waals surface area contributed by atoms with E-state index in [-0.39, 0.29) is 25.0 Å². The molecule has 0 radical (unpaired) electrons. The Morgan fingerprint density at radius 2 is 2.11 bits per heavy atom. The lowest BCUT2D eigenvalue weighted by Gasteiger charge is -2.11. The molecule has 0 bridgehead atoms. The normalized spacial score (nSPS) is 9.89. The number of halogens is 2. The number of rotatable bonds is 5.